The summed E-state index contributed by atoms with van der Waals surface area (Å²) in [5, 5.41) is 0. The highest BCUT2D eigenvalue weighted by molar-refractivity contribution is 9.10. The van der Waals surface area contributed by atoms with E-state index in [0.29, 0.717) is 12.0 Å². The third-order valence-electron chi connectivity index (χ3n) is 3.08. The zero-order chi connectivity index (χ0) is 14.5. The molecule has 0 saturated heterocycles. The van der Waals surface area contributed by atoms with Crippen LogP contribution >= 0.6 is 15.9 Å². The van der Waals surface area contributed by atoms with Crippen molar-refractivity contribution in [1.29, 1.82) is 0 Å². The number of rotatable bonds is 5. The summed E-state index contributed by atoms with van der Waals surface area (Å²) in [5.41, 5.74) is 7.27. The summed E-state index contributed by atoms with van der Waals surface area (Å²) in [7, 11) is 0. The summed E-state index contributed by atoms with van der Waals surface area (Å²) < 4.78 is 14.4. The molecule has 104 valence electrons. The van der Waals surface area contributed by atoms with Crippen molar-refractivity contribution in [2.45, 2.75) is 18.9 Å². The van der Waals surface area contributed by atoms with Crippen molar-refractivity contribution in [1.82, 2.24) is 0 Å². The second-order valence-electron chi connectivity index (χ2n) is 4.68. The Labute approximate surface area is 125 Å². The molecule has 0 aliphatic carbocycles. The summed E-state index contributed by atoms with van der Waals surface area (Å²) >= 11 is 3.27. The summed E-state index contributed by atoms with van der Waals surface area (Å²) in [6, 6.07) is 13.5. The number of hydrogen-bond acceptors (Lipinski definition) is 2. The van der Waals surface area contributed by atoms with E-state index in [4.69, 9.17) is 5.73 Å². The number of carbonyl (C=O) groups is 1. The number of halogens is 2. The molecule has 2 rings (SSSR count). The van der Waals surface area contributed by atoms with E-state index in [9.17, 15) is 9.18 Å². The van der Waals surface area contributed by atoms with Crippen LogP contribution in [0.4, 0.5) is 4.39 Å². The fourth-order valence-electron chi connectivity index (χ4n) is 1.98. The SMILES string of the molecule is NC(Cc1ccccc1)C(=O)Cc1cc(Br)ccc1F. The normalized spacial score (nSPS) is 12.2. The van der Waals surface area contributed by atoms with Crippen LogP contribution in [0.1, 0.15) is 11.1 Å². The lowest BCUT2D eigenvalue weighted by molar-refractivity contribution is -0.119. The van der Waals surface area contributed by atoms with Gasteiger partial charge in [0.15, 0.2) is 5.78 Å². The van der Waals surface area contributed by atoms with Gasteiger partial charge in [-0.05, 0) is 35.7 Å². The van der Waals surface area contributed by atoms with Crippen molar-refractivity contribution in [3.63, 3.8) is 0 Å². The highest BCUT2D eigenvalue weighted by atomic mass is 79.9. The minimum atomic E-state index is -0.615. The summed E-state index contributed by atoms with van der Waals surface area (Å²) in [4.78, 5) is 12.1. The van der Waals surface area contributed by atoms with Gasteiger partial charge < -0.3 is 5.73 Å². The first-order chi connectivity index (χ1) is 9.56. The lowest BCUT2D eigenvalue weighted by Gasteiger charge is -2.11. The van der Waals surface area contributed by atoms with Crippen LogP contribution < -0.4 is 5.73 Å². The summed E-state index contributed by atoms with van der Waals surface area (Å²) in [5.74, 6) is -0.542. The van der Waals surface area contributed by atoms with Crippen LogP contribution in [0.3, 0.4) is 0 Å². The Morgan fingerprint density at radius 1 is 1.20 bits per heavy atom. The molecule has 0 aromatic heterocycles. The lowest BCUT2D eigenvalue weighted by Crippen LogP contribution is -2.34. The second-order valence-corrected chi connectivity index (χ2v) is 5.59. The molecule has 0 bridgehead atoms. The molecule has 2 aromatic rings. The molecule has 0 aliphatic rings. The molecule has 20 heavy (non-hydrogen) atoms. The van der Waals surface area contributed by atoms with Crippen molar-refractivity contribution in [2.24, 2.45) is 5.73 Å². The Balaban J connectivity index is 2.02. The fourth-order valence-corrected chi connectivity index (χ4v) is 2.39. The maximum absolute atomic E-state index is 13.6. The molecule has 2 N–H and O–H groups in total. The van der Waals surface area contributed by atoms with Crippen molar-refractivity contribution >= 4 is 21.7 Å². The molecule has 1 unspecified atom stereocenters. The summed E-state index contributed by atoms with van der Waals surface area (Å²) in [6.45, 7) is 0. The van der Waals surface area contributed by atoms with Crippen molar-refractivity contribution < 1.29 is 9.18 Å². The first-order valence-electron chi connectivity index (χ1n) is 6.32. The second kappa shape index (κ2) is 6.77. The standard InChI is InChI=1S/C16H15BrFNO/c17-13-6-7-14(18)12(9-13)10-16(20)15(19)8-11-4-2-1-3-5-11/h1-7,9,15H,8,10,19H2. The Morgan fingerprint density at radius 2 is 1.90 bits per heavy atom. The summed E-state index contributed by atoms with van der Waals surface area (Å²) in [6.07, 6.45) is 0.481. The van der Waals surface area contributed by atoms with E-state index in [2.05, 4.69) is 15.9 Å². The Kier molecular flexibility index (Phi) is 5.04. The van der Waals surface area contributed by atoms with Gasteiger partial charge in [0, 0.05) is 10.9 Å². The van der Waals surface area contributed by atoms with Gasteiger partial charge in [-0.1, -0.05) is 46.3 Å². The van der Waals surface area contributed by atoms with Gasteiger partial charge in [0.2, 0.25) is 0 Å². The molecular weight excluding hydrogens is 321 g/mol. The molecule has 2 nitrogen and oxygen atoms in total. The van der Waals surface area contributed by atoms with E-state index >= 15 is 0 Å². The molecule has 0 heterocycles. The zero-order valence-electron chi connectivity index (χ0n) is 10.9. The van der Waals surface area contributed by atoms with Gasteiger partial charge in [-0.3, -0.25) is 4.79 Å². The predicted octanol–water partition coefficient (Wildman–Crippen LogP) is 3.27. The highest BCUT2D eigenvalue weighted by Crippen LogP contribution is 2.17. The quantitative estimate of drug-likeness (QED) is 0.911. The van der Waals surface area contributed by atoms with Crippen LogP contribution in [0.15, 0.2) is 53.0 Å². The Bertz CT molecular complexity index is 601. The van der Waals surface area contributed by atoms with Crippen LogP contribution in [-0.4, -0.2) is 11.8 Å². The molecule has 0 radical (unpaired) electrons. The van der Waals surface area contributed by atoms with Crippen LogP contribution in [-0.2, 0) is 17.6 Å². The molecular formula is C16H15BrFNO. The molecule has 0 amide bonds. The first-order valence-corrected chi connectivity index (χ1v) is 7.11. The Morgan fingerprint density at radius 3 is 2.60 bits per heavy atom. The topological polar surface area (TPSA) is 43.1 Å². The van der Waals surface area contributed by atoms with Crippen molar-refractivity contribution in [3.05, 3.63) is 69.9 Å². The lowest BCUT2D eigenvalue weighted by atomic mass is 9.98. The highest BCUT2D eigenvalue weighted by Gasteiger charge is 2.16. The number of hydrogen-bond donors (Lipinski definition) is 1. The van der Waals surface area contributed by atoms with Gasteiger partial charge in [0.05, 0.1) is 6.04 Å². The average molecular weight is 336 g/mol. The maximum atomic E-state index is 13.6. The Hall–Kier alpha value is -1.52. The van der Waals surface area contributed by atoms with Crippen molar-refractivity contribution in [2.75, 3.05) is 0 Å². The number of carbonyl (C=O) groups excluding carboxylic acids is 1. The smallest absolute Gasteiger partial charge is 0.154 e. The average Bonchev–Trinajstić information content (AvgIpc) is 2.44. The van der Waals surface area contributed by atoms with Gasteiger partial charge in [0.1, 0.15) is 5.82 Å². The van der Waals surface area contributed by atoms with Gasteiger partial charge in [-0.15, -0.1) is 0 Å². The molecule has 0 aliphatic heterocycles. The van der Waals surface area contributed by atoms with Crippen molar-refractivity contribution in [3.8, 4) is 0 Å². The predicted molar refractivity (Wildman–Crippen MR) is 80.9 cm³/mol. The molecule has 0 spiro atoms. The monoisotopic (exact) mass is 335 g/mol. The van der Waals surface area contributed by atoms with E-state index < -0.39 is 6.04 Å². The van der Waals surface area contributed by atoms with Crippen LogP contribution in [0.25, 0.3) is 0 Å². The van der Waals surface area contributed by atoms with Crippen LogP contribution in [0.5, 0.6) is 0 Å². The van der Waals surface area contributed by atoms with E-state index in [-0.39, 0.29) is 18.0 Å². The maximum Gasteiger partial charge on any atom is 0.154 e. The molecule has 2 aromatic carbocycles. The number of ketones is 1. The largest absolute Gasteiger partial charge is 0.321 e. The van der Waals surface area contributed by atoms with Crippen LogP contribution in [0.2, 0.25) is 0 Å². The van der Waals surface area contributed by atoms with Gasteiger partial charge in [0.25, 0.3) is 0 Å². The molecule has 0 fully saturated rings. The fraction of sp³-hybridized carbons (Fsp3) is 0.188. The van der Waals surface area contributed by atoms with E-state index in [0.717, 1.165) is 10.0 Å². The molecule has 0 saturated carbocycles. The minimum absolute atomic E-state index is 0.0132. The number of Topliss-reactive ketones (excluding diaryl/α,β-unsaturated/α-hetero) is 1. The molecule has 4 heteroatoms. The number of benzene rings is 2. The molecule has 1 atom stereocenters. The van der Waals surface area contributed by atoms with Gasteiger partial charge >= 0.3 is 0 Å². The van der Waals surface area contributed by atoms with E-state index in [1.54, 1.807) is 12.1 Å². The zero-order valence-corrected chi connectivity index (χ0v) is 12.4. The van der Waals surface area contributed by atoms with E-state index in [1.165, 1.54) is 6.07 Å². The first kappa shape index (κ1) is 14.9. The van der Waals surface area contributed by atoms with Gasteiger partial charge in [-0.25, -0.2) is 4.39 Å². The third-order valence-corrected chi connectivity index (χ3v) is 3.58. The van der Waals surface area contributed by atoms with Gasteiger partial charge in [-0.2, -0.15) is 0 Å². The van der Waals surface area contributed by atoms with Crippen LogP contribution in [0, 0.1) is 5.82 Å². The number of nitrogens with two attached hydrogens (primary N) is 1. The van der Waals surface area contributed by atoms with E-state index in [1.807, 2.05) is 30.3 Å². The third kappa shape index (κ3) is 3.99. The minimum Gasteiger partial charge on any atom is -0.321 e.